The molecule has 0 aliphatic carbocycles. The Morgan fingerprint density at radius 3 is 2.46 bits per heavy atom. The summed E-state index contributed by atoms with van der Waals surface area (Å²) >= 11 is 5.21. The largest absolute Gasteiger partial charge is 0.408 e. The minimum absolute atomic E-state index is 0.137. The molecule has 1 atom stereocenters. The summed E-state index contributed by atoms with van der Waals surface area (Å²) in [5.74, 6) is 0.161. The van der Waals surface area contributed by atoms with E-state index in [-0.39, 0.29) is 12.4 Å². The van der Waals surface area contributed by atoms with Gasteiger partial charge in [0.2, 0.25) is 0 Å². The smallest absolute Gasteiger partial charge is 0.337 e. The fourth-order valence-corrected chi connectivity index (χ4v) is 0.585. The van der Waals surface area contributed by atoms with Gasteiger partial charge in [0.15, 0.2) is 0 Å². The van der Waals surface area contributed by atoms with Crippen molar-refractivity contribution in [1.29, 1.82) is 0 Å². The molecular formula is C6H10ClF3N2O. The molecule has 13 heavy (non-hydrogen) atoms. The molecule has 0 fully saturated rings. The van der Waals surface area contributed by atoms with Gasteiger partial charge >= 0.3 is 12.2 Å². The van der Waals surface area contributed by atoms with Crippen LogP contribution in [0.2, 0.25) is 0 Å². The Balaban J connectivity index is 3.79. The van der Waals surface area contributed by atoms with E-state index >= 15 is 0 Å². The lowest BCUT2D eigenvalue weighted by atomic mass is 10.3. The molecular weight excluding hydrogens is 209 g/mol. The van der Waals surface area contributed by atoms with E-state index in [1.165, 1.54) is 0 Å². The van der Waals surface area contributed by atoms with Crippen LogP contribution in [0.5, 0.6) is 0 Å². The van der Waals surface area contributed by atoms with Crippen LogP contribution in [-0.2, 0) is 0 Å². The van der Waals surface area contributed by atoms with Gasteiger partial charge in [-0.2, -0.15) is 13.2 Å². The Morgan fingerprint density at radius 2 is 2.08 bits per heavy atom. The second-order valence-corrected chi connectivity index (χ2v) is 2.73. The number of carbonyl (C=O) groups excluding carboxylic acids is 1. The first-order valence-electron chi connectivity index (χ1n) is 3.55. The number of halogens is 4. The molecule has 0 aromatic carbocycles. The summed E-state index contributed by atoms with van der Waals surface area (Å²) in [7, 11) is 0. The number of rotatable bonds is 3. The predicted molar refractivity (Wildman–Crippen MR) is 42.8 cm³/mol. The van der Waals surface area contributed by atoms with Crippen molar-refractivity contribution in [1.82, 2.24) is 10.6 Å². The molecule has 0 rings (SSSR count). The Labute approximate surface area is 78.6 Å². The fraction of sp³-hybridized carbons (Fsp3) is 0.833. The lowest BCUT2D eigenvalue weighted by Crippen LogP contribution is -2.47. The standard InChI is InChI=1S/C6H10ClF3N2O/c1-4(6(8,9)10)12-5(13)11-3-2-7/h4H,2-3H2,1H3,(H2,11,12,13). The van der Waals surface area contributed by atoms with Crippen LogP contribution in [0.3, 0.4) is 0 Å². The summed E-state index contributed by atoms with van der Waals surface area (Å²) in [6.45, 7) is 0.998. The number of alkyl halides is 4. The van der Waals surface area contributed by atoms with E-state index in [2.05, 4.69) is 5.32 Å². The highest BCUT2D eigenvalue weighted by Gasteiger charge is 2.36. The summed E-state index contributed by atoms with van der Waals surface area (Å²) < 4.78 is 35.6. The van der Waals surface area contributed by atoms with Crippen LogP contribution in [0.4, 0.5) is 18.0 Å². The topological polar surface area (TPSA) is 41.1 Å². The number of carbonyl (C=O) groups is 1. The fourth-order valence-electron chi connectivity index (χ4n) is 0.490. The molecule has 0 bridgehead atoms. The predicted octanol–water partition coefficient (Wildman–Crippen LogP) is 1.48. The molecule has 0 saturated carbocycles. The van der Waals surface area contributed by atoms with Crippen LogP contribution >= 0.6 is 11.6 Å². The molecule has 0 spiro atoms. The molecule has 3 nitrogen and oxygen atoms in total. The zero-order chi connectivity index (χ0) is 10.5. The van der Waals surface area contributed by atoms with Gasteiger partial charge in [0.25, 0.3) is 0 Å². The van der Waals surface area contributed by atoms with Gasteiger partial charge in [-0.3, -0.25) is 0 Å². The van der Waals surface area contributed by atoms with Crippen LogP contribution in [0.15, 0.2) is 0 Å². The van der Waals surface area contributed by atoms with Crippen molar-refractivity contribution in [2.24, 2.45) is 0 Å². The van der Waals surface area contributed by atoms with Crippen molar-refractivity contribution >= 4 is 17.6 Å². The number of hydrogen-bond donors (Lipinski definition) is 2. The Morgan fingerprint density at radius 1 is 1.54 bits per heavy atom. The van der Waals surface area contributed by atoms with Gasteiger partial charge in [0.1, 0.15) is 6.04 Å². The number of hydrogen-bond acceptors (Lipinski definition) is 1. The molecule has 0 heterocycles. The van der Waals surface area contributed by atoms with Gasteiger partial charge in [-0.05, 0) is 6.92 Å². The number of urea groups is 1. The maximum atomic E-state index is 11.9. The average Bonchev–Trinajstić information content (AvgIpc) is 1.99. The normalized spacial score (nSPS) is 13.6. The van der Waals surface area contributed by atoms with Gasteiger partial charge in [0, 0.05) is 12.4 Å². The van der Waals surface area contributed by atoms with Gasteiger partial charge in [-0.1, -0.05) is 0 Å². The third-order valence-electron chi connectivity index (χ3n) is 1.22. The third-order valence-corrected chi connectivity index (χ3v) is 1.41. The van der Waals surface area contributed by atoms with Crippen molar-refractivity contribution in [2.45, 2.75) is 19.1 Å². The lowest BCUT2D eigenvalue weighted by molar-refractivity contribution is -0.148. The molecule has 0 saturated heterocycles. The van der Waals surface area contributed by atoms with Crippen molar-refractivity contribution in [3.05, 3.63) is 0 Å². The van der Waals surface area contributed by atoms with Crippen molar-refractivity contribution < 1.29 is 18.0 Å². The van der Waals surface area contributed by atoms with E-state index in [0.717, 1.165) is 6.92 Å². The highest BCUT2D eigenvalue weighted by atomic mass is 35.5. The van der Waals surface area contributed by atoms with Gasteiger partial charge in [0.05, 0.1) is 0 Å². The first-order chi connectivity index (χ1) is 5.88. The second kappa shape index (κ2) is 5.16. The summed E-state index contributed by atoms with van der Waals surface area (Å²) in [6, 6.07) is -2.73. The summed E-state index contributed by atoms with van der Waals surface area (Å²) in [6.07, 6.45) is -4.42. The van der Waals surface area contributed by atoms with Crippen LogP contribution in [0.1, 0.15) is 6.92 Å². The summed E-state index contributed by atoms with van der Waals surface area (Å²) in [5.41, 5.74) is 0. The molecule has 2 N–H and O–H groups in total. The van der Waals surface area contributed by atoms with Crippen LogP contribution < -0.4 is 10.6 Å². The molecule has 0 aliphatic heterocycles. The number of amides is 2. The van der Waals surface area contributed by atoms with E-state index < -0.39 is 18.2 Å². The van der Waals surface area contributed by atoms with Crippen LogP contribution in [0, 0.1) is 0 Å². The minimum atomic E-state index is -4.42. The van der Waals surface area contributed by atoms with Gasteiger partial charge in [-0.15, -0.1) is 11.6 Å². The Bertz CT molecular complexity index is 174. The lowest BCUT2D eigenvalue weighted by Gasteiger charge is -2.17. The number of nitrogens with one attached hydrogen (secondary N) is 2. The Kier molecular flexibility index (Phi) is 4.90. The SMILES string of the molecule is CC(NC(=O)NCCCl)C(F)(F)F. The molecule has 0 radical (unpaired) electrons. The van der Waals surface area contributed by atoms with Gasteiger partial charge < -0.3 is 10.6 Å². The van der Waals surface area contributed by atoms with Gasteiger partial charge in [-0.25, -0.2) is 4.79 Å². The summed E-state index contributed by atoms with van der Waals surface area (Å²) in [5, 5.41) is 3.87. The quantitative estimate of drug-likeness (QED) is 0.692. The molecule has 2 amide bonds. The molecule has 78 valence electrons. The van der Waals surface area contributed by atoms with E-state index in [4.69, 9.17) is 11.6 Å². The zero-order valence-corrected chi connectivity index (χ0v) is 7.67. The van der Waals surface area contributed by atoms with E-state index in [1.54, 1.807) is 5.32 Å². The maximum absolute atomic E-state index is 11.9. The average molecular weight is 219 g/mol. The van der Waals surface area contributed by atoms with Crippen molar-refractivity contribution in [3.63, 3.8) is 0 Å². The summed E-state index contributed by atoms with van der Waals surface area (Å²) in [4.78, 5) is 10.7. The van der Waals surface area contributed by atoms with E-state index in [1.807, 2.05) is 0 Å². The molecule has 0 aromatic rings. The maximum Gasteiger partial charge on any atom is 0.408 e. The van der Waals surface area contributed by atoms with E-state index in [9.17, 15) is 18.0 Å². The molecule has 1 unspecified atom stereocenters. The first kappa shape index (κ1) is 12.3. The molecule has 0 aromatic heterocycles. The zero-order valence-electron chi connectivity index (χ0n) is 6.91. The van der Waals surface area contributed by atoms with E-state index in [0.29, 0.717) is 0 Å². The van der Waals surface area contributed by atoms with Crippen molar-refractivity contribution in [2.75, 3.05) is 12.4 Å². The second-order valence-electron chi connectivity index (χ2n) is 2.35. The highest BCUT2D eigenvalue weighted by Crippen LogP contribution is 2.19. The minimum Gasteiger partial charge on any atom is -0.337 e. The van der Waals surface area contributed by atoms with Crippen LogP contribution in [0.25, 0.3) is 0 Å². The van der Waals surface area contributed by atoms with Crippen molar-refractivity contribution in [3.8, 4) is 0 Å². The van der Waals surface area contributed by atoms with Crippen LogP contribution in [-0.4, -0.2) is 30.7 Å². The highest BCUT2D eigenvalue weighted by molar-refractivity contribution is 6.18. The monoisotopic (exact) mass is 218 g/mol. The molecule has 7 heteroatoms. The molecule has 0 aliphatic rings. The Hall–Kier alpha value is -0.650. The third kappa shape index (κ3) is 5.57. The first-order valence-corrected chi connectivity index (χ1v) is 4.08.